The van der Waals surface area contributed by atoms with Crippen LogP contribution < -0.4 is 0 Å². The summed E-state index contributed by atoms with van der Waals surface area (Å²) >= 11 is 0. The van der Waals surface area contributed by atoms with E-state index in [9.17, 15) is 19.8 Å². The molecule has 0 amide bonds. The van der Waals surface area contributed by atoms with Gasteiger partial charge in [0.15, 0.2) is 0 Å². The van der Waals surface area contributed by atoms with Gasteiger partial charge in [-0.3, -0.25) is 9.59 Å². The maximum atomic E-state index is 12.0. The van der Waals surface area contributed by atoms with Crippen molar-refractivity contribution in [2.24, 2.45) is 22.7 Å². The lowest BCUT2D eigenvalue weighted by atomic mass is 9.46. The highest BCUT2D eigenvalue weighted by Crippen LogP contribution is 2.62. The monoisotopic (exact) mass is 422 g/mol. The molecule has 0 aromatic heterocycles. The largest absolute Gasteiger partial charge is 0.481 e. The number of rotatable bonds is 9. The second kappa shape index (κ2) is 10.1. The van der Waals surface area contributed by atoms with Crippen LogP contribution in [0.3, 0.4) is 0 Å². The molecule has 5 atom stereocenters. The summed E-state index contributed by atoms with van der Waals surface area (Å²) in [5.74, 6) is -1.42. The summed E-state index contributed by atoms with van der Waals surface area (Å²) in [6, 6.07) is 0. The van der Waals surface area contributed by atoms with Gasteiger partial charge in [-0.15, -0.1) is 0 Å². The molecule has 0 heterocycles. The zero-order valence-corrected chi connectivity index (χ0v) is 18.8. The molecule has 0 aromatic rings. The predicted octanol–water partition coefficient (Wildman–Crippen LogP) is 3.86. The average Bonchev–Trinajstić information content (AvgIpc) is 2.66. The maximum absolute atomic E-state index is 12.0. The zero-order valence-electron chi connectivity index (χ0n) is 18.8. The van der Waals surface area contributed by atoms with Crippen LogP contribution in [0.4, 0.5) is 0 Å². The molecule has 30 heavy (non-hydrogen) atoms. The number of ether oxygens (including phenoxy) is 1. The van der Waals surface area contributed by atoms with Gasteiger partial charge in [0.1, 0.15) is 0 Å². The highest BCUT2D eigenvalue weighted by atomic mass is 16.5. The van der Waals surface area contributed by atoms with Crippen LogP contribution in [0.2, 0.25) is 0 Å². The minimum Gasteiger partial charge on any atom is -0.481 e. The standard InChI is InChI=1S/C24H38O6/c1-16(11-13-25)10-12-23(3)18(15-30-22(29)9-8-21(27)28)19(26)14-24(4)17(2)6-5-7-20(23)24/h6,11,18-20,25-26H,5,7-10,12-15H2,1-4H3,(H,27,28)/b16-11+/t18-,19+,20-,23+,24+/m1/s1. The first-order chi connectivity index (χ1) is 14.0. The van der Waals surface area contributed by atoms with E-state index in [0.717, 1.165) is 31.3 Å². The first-order valence-corrected chi connectivity index (χ1v) is 11.0. The third kappa shape index (κ3) is 5.33. The Morgan fingerprint density at radius 2 is 1.97 bits per heavy atom. The minimum atomic E-state index is -1.03. The number of hydrogen-bond acceptors (Lipinski definition) is 5. The maximum Gasteiger partial charge on any atom is 0.306 e. The quantitative estimate of drug-likeness (QED) is 0.385. The Hall–Kier alpha value is -1.66. The van der Waals surface area contributed by atoms with Crippen LogP contribution in [0.15, 0.2) is 23.3 Å². The predicted molar refractivity (Wildman–Crippen MR) is 115 cm³/mol. The highest BCUT2D eigenvalue weighted by Gasteiger charge is 2.57. The zero-order chi connectivity index (χ0) is 22.5. The van der Waals surface area contributed by atoms with Gasteiger partial charge in [-0.25, -0.2) is 0 Å². The molecule has 2 aliphatic rings. The first-order valence-electron chi connectivity index (χ1n) is 11.0. The Labute approximate surface area is 180 Å². The van der Waals surface area contributed by atoms with E-state index in [-0.39, 0.29) is 42.8 Å². The summed E-state index contributed by atoms with van der Waals surface area (Å²) in [5, 5.41) is 29.1. The van der Waals surface area contributed by atoms with Crippen LogP contribution in [-0.2, 0) is 14.3 Å². The molecule has 0 aromatic carbocycles. The van der Waals surface area contributed by atoms with Crippen molar-refractivity contribution in [3.05, 3.63) is 23.3 Å². The van der Waals surface area contributed by atoms with Crippen molar-refractivity contribution >= 4 is 11.9 Å². The van der Waals surface area contributed by atoms with Crippen LogP contribution in [-0.4, -0.2) is 46.6 Å². The topological polar surface area (TPSA) is 104 Å². The van der Waals surface area contributed by atoms with Crippen molar-refractivity contribution < 1.29 is 29.6 Å². The number of carboxylic acids is 1. The second-order valence-corrected chi connectivity index (χ2v) is 9.63. The molecule has 0 unspecified atom stereocenters. The number of hydrogen-bond donors (Lipinski definition) is 3. The fourth-order valence-corrected chi connectivity index (χ4v) is 5.78. The number of allylic oxidation sites excluding steroid dienone is 3. The lowest BCUT2D eigenvalue weighted by molar-refractivity contribution is -0.165. The van der Waals surface area contributed by atoms with E-state index in [1.165, 1.54) is 5.57 Å². The average molecular weight is 423 g/mol. The Kier molecular flexibility index (Phi) is 8.28. The molecule has 6 heteroatoms. The summed E-state index contributed by atoms with van der Waals surface area (Å²) in [5.41, 5.74) is 2.09. The molecule has 0 saturated heterocycles. The number of aliphatic hydroxyl groups excluding tert-OH is 2. The summed E-state index contributed by atoms with van der Waals surface area (Å²) in [4.78, 5) is 22.8. The number of carbonyl (C=O) groups is 2. The van der Waals surface area contributed by atoms with Gasteiger partial charge in [-0.2, -0.15) is 0 Å². The number of carboxylic acid groups (broad SMARTS) is 1. The van der Waals surface area contributed by atoms with E-state index >= 15 is 0 Å². The van der Waals surface area contributed by atoms with Crippen molar-refractivity contribution in [2.45, 2.75) is 78.7 Å². The van der Waals surface area contributed by atoms with Gasteiger partial charge in [0, 0.05) is 5.92 Å². The van der Waals surface area contributed by atoms with Crippen molar-refractivity contribution in [1.82, 2.24) is 0 Å². The third-order valence-corrected chi connectivity index (χ3v) is 7.78. The van der Waals surface area contributed by atoms with Crippen LogP contribution in [0.5, 0.6) is 0 Å². The Morgan fingerprint density at radius 1 is 1.27 bits per heavy atom. The first kappa shape index (κ1) is 24.6. The number of carbonyl (C=O) groups excluding carboxylic acids is 1. The molecule has 0 aliphatic heterocycles. The molecule has 170 valence electrons. The fraction of sp³-hybridized carbons (Fsp3) is 0.750. The second-order valence-electron chi connectivity index (χ2n) is 9.63. The van der Waals surface area contributed by atoms with Crippen molar-refractivity contribution in [1.29, 1.82) is 0 Å². The van der Waals surface area contributed by atoms with Crippen molar-refractivity contribution in [3.8, 4) is 0 Å². The van der Waals surface area contributed by atoms with E-state index in [0.29, 0.717) is 12.3 Å². The van der Waals surface area contributed by atoms with E-state index in [1.54, 1.807) is 0 Å². The van der Waals surface area contributed by atoms with Gasteiger partial charge in [0.2, 0.25) is 0 Å². The minimum absolute atomic E-state index is 0.0127. The molecule has 0 radical (unpaired) electrons. The molecule has 1 fully saturated rings. The van der Waals surface area contributed by atoms with E-state index in [4.69, 9.17) is 9.84 Å². The van der Waals surface area contributed by atoms with Crippen LogP contribution >= 0.6 is 0 Å². The lowest BCUT2D eigenvalue weighted by Crippen LogP contribution is -2.57. The lowest BCUT2D eigenvalue weighted by Gasteiger charge is -2.60. The van der Waals surface area contributed by atoms with Gasteiger partial charge in [-0.1, -0.05) is 37.1 Å². The normalized spacial score (nSPS) is 34.1. The van der Waals surface area contributed by atoms with Crippen molar-refractivity contribution in [2.75, 3.05) is 13.2 Å². The Bertz CT molecular complexity index is 696. The third-order valence-electron chi connectivity index (χ3n) is 7.78. The van der Waals surface area contributed by atoms with Gasteiger partial charge in [0.05, 0.1) is 32.2 Å². The van der Waals surface area contributed by atoms with Gasteiger partial charge in [-0.05, 0) is 62.7 Å². The molecular formula is C24H38O6. The summed E-state index contributed by atoms with van der Waals surface area (Å²) in [6.07, 6.45) is 7.40. The highest BCUT2D eigenvalue weighted by molar-refractivity contribution is 5.76. The number of fused-ring (bicyclic) bond motifs is 1. The molecule has 6 nitrogen and oxygen atoms in total. The summed E-state index contributed by atoms with van der Waals surface area (Å²) < 4.78 is 5.46. The van der Waals surface area contributed by atoms with E-state index in [2.05, 4.69) is 26.8 Å². The van der Waals surface area contributed by atoms with Crippen molar-refractivity contribution in [3.63, 3.8) is 0 Å². The SMILES string of the molecule is CC1=CCC[C@@H]2[C@@](C)(CC/C(C)=C/CO)[C@H](COC(=O)CCC(=O)O)[C@@H](O)C[C@@]12C. The molecule has 3 N–H and O–H groups in total. The summed E-state index contributed by atoms with van der Waals surface area (Å²) in [7, 11) is 0. The molecule has 2 aliphatic carbocycles. The fourth-order valence-electron chi connectivity index (χ4n) is 5.78. The van der Waals surface area contributed by atoms with Crippen LogP contribution in [0, 0.1) is 22.7 Å². The van der Waals surface area contributed by atoms with Gasteiger partial charge in [0.25, 0.3) is 0 Å². The molecular weight excluding hydrogens is 384 g/mol. The van der Waals surface area contributed by atoms with Crippen LogP contribution in [0.25, 0.3) is 0 Å². The number of esters is 1. The molecule has 1 saturated carbocycles. The Morgan fingerprint density at radius 3 is 2.60 bits per heavy atom. The van der Waals surface area contributed by atoms with Gasteiger partial charge >= 0.3 is 11.9 Å². The van der Waals surface area contributed by atoms with E-state index < -0.39 is 18.0 Å². The van der Waals surface area contributed by atoms with Crippen LogP contribution in [0.1, 0.15) is 72.6 Å². The van der Waals surface area contributed by atoms with E-state index in [1.807, 2.05) is 13.0 Å². The number of aliphatic hydroxyl groups is 2. The summed E-state index contributed by atoms with van der Waals surface area (Å²) in [6.45, 7) is 8.73. The molecule has 2 rings (SSSR count). The smallest absolute Gasteiger partial charge is 0.306 e. The Balaban J connectivity index is 2.26. The molecule has 0 bridgehead atoms. The number of aliphatic carboxylic acids is 1. The molecule has 0 spiro atoms. The van der Waals surface area contributed by atoms with Gasteiger partial charge < -0.3 is 20.1 Å².